The second-order valence-corrected chi connectivity index (χ2v) is 6.91. The maximum atomic E-state index is 12.4. The number of carbonyl (C=O) groups is 3. The van der Waals surface area contributed by atoms with Gasteiger partial charge in [0, 0.05) is 31.7 Å². The molecule has 1 aromatic carbocycles. The molecule has 0 saturated carbocycles. The summed E-state index contributed by atoms with van der Waals surface area (Å²) in [6.07, 6.45) is 0.717. The van der Waals surface area contributed by atoms with E-state index < -0.39 is 0 Å². The second kappa shape index (κ2) is 8.68. The van der Waals surface area contributed by atoms with Crippen molar-refractivity contribution in [3.8, 4) is 11.5 Å². The molecule has 0 N–H and O–H groups in total. The molecule has 0 unspecified atom stereocenters. The lowest BCUT2D eigenvalue weighted by molar-refractivity contribution is -0.134. The van der Waals surface area contributed by atoms with Gasteiger partial charge >= 0.3 is 0 Å². The molecule has 0 radical (unpaired) electrons. The minimum Gasteiger partial charge on any atom is -0.493 e. The Hall–Kier alpha value is -2.87. The van der Waals surface area contributed by atoms with Crippen LogP contribution < -0.4 is 9.47 Å². The molecule has 0 atom stereocenters. The van der Waals surface area contributed by atoms with E-state index in [0.29, 0.717) is 54.4 Å². The summed E-state index contributed by atoms with van der Waals surface area (Å²) in [5.74, 6) is 0.662. The monoisotopic (exact) mass is 388 g/mol. The minimum atomic E-state index is -0.153. The first-order chi connectivity index (χ1) is 13.1. The number of methoxy groups -OCH3 is 1. The molecule has 8 heteroatoms. The molecule has 0 bridgehead atoms. The van der Waals surface area contributed by atoms with Crippen molar-refractivity contribution in [1.82, 2.24) is 9.80 Å². The maximum absolute atomic E-state index is 12.4. The highest BCUT2D eigenvalue weighted by Crippen LogP contribution is 2.27. The zero-order valence-electron chi connectivity index (χ0n) is 14.9. The summed E-state index contributed by atoms with van der Waals surface area (Å²) >= 11 is 1.42. The van der Waals surface area contributed by atoms with Crippen LogP contribution in [0.2, 0.25) is 0 Å². The number of nitrogens with zero attached hydrogens (tertiary/aromatic N) is 2. The summed E-state index contributed by atoms with van der Waals surface area (Å²) < 4.78 is 10.8. The lowest BCUT2D eigenvalue weighted by Gasteiger charge is -2.34. The van der Waals surface area contributed by atoms with Crippen molar-refractivity contribution in [1.29, 1.82) is 0 Å². The van der Waals surface area contributed by atoms with E-state index in [0.717, 1.165) is 0 Å². The van der Waals surface area contributed by atoms with Crippen molar-refractivity contribution in [2.45, 2.75) is 0 Å². The highest BCUT2D eigenvalue weighted by atomic mass is 32.1. The number of benzene rings is 1. The summed E-state index contributed by atoms with van der Waals surface area (Å²) in [5.41, 5.74) is 0.469. The van der Waals surface area contributed by atoms with Crippen LogP contribution in [0.1, 0.15) is 20.0 Å². The van der Waals surface area contributed by atoms with E-state index in [-0.39, 0.29) is 18.4 Å². The van der Waals surface area contributed by atoms with Crippen molar-refractivity contribution < 1.29 is 23.9 Å². The highest BCUT2D eigenvalue weighted by molar-refractivity contribution is 7.12. The van der Waals surface area contributed by atoms with Gasteiger partial charge in [0.15, 0.2) is 18.1 Å². The molecule has 3 rings (SSSR count). The van der Waals surface area contributed by atoms with Gasteiger partial charge in [-0.3, -0.25) is 14.4 Å². The molecule has 2 heterocycles. The summed E-state index contributed by atoms with van der Waals surface area (Å²) in [7, 11) is 1.47. The number of amides is 2. The van der Waals surface area contributed by atoms with Gasteiger partial charge in [-0.25, -0.2) is 0 Å². The van der Waals surface area contributed by atoms with E-state index in [4.69, 9.17) is 9.47 Å². The molecule has 0 aliphatic carbocycles. The van der Waals surface area contributed by atoms with Crippen LogP contribution in [0.15, 0.2) is 35.7 Å². The fourth-order valence-corrected chi connectivity index (χ4v) is 3.51. The molecule has 142 valence electrons. The number of rotatable bonds is 6. The van der Waals surface area contributed by atoms with Crippen LogP contribution >= 0.6 is 11.3 Å². The second-order valence-electron chi connectivity index (χ2n) is 5.97. The third kappa shape index (κ3) is 4.46. The summed E-state index contributed by atoms with van der Waals surface area (Å²) in [5, 5.41) is 1.88. The van der Waals surface area contributed by atoms with Gasteiger partial charge in [-0.2, -0.15) is 0 Å². The van der Waals surface area contributed by atoms with E-state index in [1.165, 1.54) is 18.4 Å². The van der Waals surface area contributed by atoms with Crippen LogP contribution in [0.5, 0.6) is 11.5 Å². The van der Waals surface area contributed by atoms with Crippen LogP contribution in [-0.4, -0.2) is 67.8 Å². The summed E-state index contributed by atoms with van der Waals surface area (Å²) in [4.78, 5) is 39.7. The zero-order valence-corrected chi connectivity index (χ0v) is 15.7. The van der Waals surface area contributed by atoms with Gasteiger partial charge in [0.25, 0.3) is 11.8 Å². The Labute approximate surface area is 161 Å². The Morgan fingerprint density at radius 2 is 1.85 bits per heavy atom. The molecule has 2 aromatic rings. The Kier molecular flexibility index (Phi) is 6.08. The minimum absolute atomic E-state index is 0.00773. The van der Waals surface area contributed by atoms with Crippen molar-refractivity contribution in [3.63, 3.8) is 0 Å². The largest absolute Gasteiger partial charge is 0.493 e. The average Bonchev–Trinajstić information content (AvgIpc) is 3.26. The molecule has 2 amide bonds. The first-order valence-corrected chi connectivity index (χ1v) is 9.37. The smallest absolute Gasteiger partial charge is 0.264 e. The molecule has 1 aliphatic rings. The van der Waals surface area contributed by atoms with Crippen LogP contribution in [0, 0.1) is 0 Å². The van der Waals surface area contributed by atoms with Crippen molar-refractivity contribution in [3.05, 3.63) is 46.2 Å². The van der Waals surface area contributed by atoms with Gasteiger partial charge in [-0.15, -0.1) is 11.3 Å². The van der Waals surface area contributed by atoms with Crippen LogP contribution in [0.25, 0.3) is 0 Å². The molecule has 1 fully saturated rings. The molecule has 7 nitrogen and oxygen atoms in total. The van der Waals surface area contributed by atoms with Gasteiger partial charge in [-0.05, 0) is 29.6 Å². The summed E-state index contributed by atoms with van der Waals surface area (Å²) in [6.45, 7) is 1.82. The Morgan fingerprint density at radius 1 is 1.11 bits per heavy atom. The molecule has 0 spiro atoms. The molecule has 1 saturated heterocycles. The lowest BCUT2D eigenvalue weighted by atomic mass is 10.2. The van der Waals surface area contributed by atoms with Crippen LogP contribution in [0.4, 0.5) is 0 Å². The number of ether oxygens (including phenoxy) is 2. The molecular formula is C19H20N2O5S. The van der Waals surface area contributed by atoms with E-state index in [1.54, 1.807) is 28.0 Å². The zero-order chi connectivity index (χ0) is 19.2. The number of piperazine rings is 1. The standard InChI is InChI=1S/C19H20N2O5S/c1-25-16-11-14(12-22)4-5-15(16)26-13-18(23)20-6-8-21(9-7-20)19(24)17-3-2-10-27-17/h2-5,10-12H,6-9,13H2,1H3. The van der Waals surface area contributed by atoms with Crippen LogP contribution in [0.3, 0.4) is 0 Å². The van der Waals surface area contributed by atoms with Gasteiger partial charge in [0.05, 0.1) is 12.0 Å². The van der Waals surface area contributed by atoms with Crippen molar-refractivity contribution in [2.24, 2.45) is 0 Å². The predicted molar refractivity (Wildman–Crippen MR) is 101 cm³/mol. The Balaban J connectivity index is 1.51. The number of hydrogen-bond donors (Lipinski definition) is 0. The lowest BCUT2D eigenvalue weighted by Crippen LogP contribution is -2.51. The molecule has 27 heavy (non-hydrogen) atoms. The fraction of sp³-hybridized carbons (Fsp3) is 0.316. The molecule has 1 aliphatic heterocycles. The number of thiophene rings is 1. The van der Waals surface area contributed by atoms with Gasteiger partial charge < -0.3 is 19.3 Å². The van der Waals surface area contributed by atoms with E-state index >= 15 is 0 Å². The Bertz CT molecular complexity index is 814. The van der Waals surface area contributed by atoms with Crippen molar-refractivity contribution in [2.75, 3.05) is 39.9 Å². The quantitative estimate of drug-likeness (QED) is 0.707. The number of aldehydes is 1. The number of carbonyl (C=O) groups excluding carboxylic acids is 3. The fourth-order valence-electron chi connectivity index (χ4n) is 2.82. The topological polar surface area (TPSA) is 76.2 Å². The van der Waals surface area contributed by atoms with Gasteiger partial charge in [0.1, 0.15) is 6.29 Å². The van der Waals surface area contributed by atoms with Crippen molar-refractivity contribution >= 4 is 29.4 Å². The van der Waals surface area contributed by atoms with E-state index in [2.05, 4.69) is 0 Å². The Morgan fingerprint density at radius 3 is 2.48 bits per heavy atom. The SMILES string of the molecule is COc1cc(C=O)ccc1OCC(=O)N1CCN(C(=O)c2cccs2)CC1. The molecular weight excluding hydrogens is 368 g/mol. The van der Waals surface area contributed by atoms with E-state index in [1.807, 2.05) is 17.5 Å². The first kappa shape index (κ1) is 18.9. The van der Waals surface area contributed by atoms with E-state index in [9.17, 15) is 14.4 Å². The average molecular weight is 388 g/mol. The third-order valence-electron chi connectivity index (χ3n) is 4.33. The highest BCUT2D eigenvalue weighted by Gasteiger charge is 2.25. The first-order valence-electron chi connectivity index (χ1n) is 8.49. The predicted octanol–water partition coefficient (Wildman–Crippen LogP) is 1.93. The summed E-state index contributed by atoms with van der Waals surface area (Å²) in [6, 6.07) is 8.42. The maximum Gasteiger partial charge on any atom is 0.264 e. The normalized spacial score (nSPS) is 14.0. The van der Waals surface area contributed by atoms with Gasteiger partial charge in [-0.1, -0.05) is 6.07 Å². The van der Waals surface area contributed by atoms with Gasteiger partial charge in [0.2, 0.25) is 0 Å². The third-order valence-corrected chi connectivity index (χ3v) is 5.18. The number of hydrogen-bond acceptors (Lipinski definition) is 6. The van der Waals surface area contributed by atoms with Crippen LogP contribution in [-0.2, 0) is 4.79 Å². The molecule has 1 aromatic heterocycles.